The molecule has 0 heterocycles. The lowest BCUT2D eigenvalue weighted by molar-refractivity contribution is 0.358. The summed E-state index contributed by atoms with van der Waals surface area (Å²) < 4.78 is 7.53. The first kappa shape index (κ1) is 11.6. The van der Waals surface area contributed by atoms with Crippen molar-refractivity contribution in [3.05, 3.63) is 37.0 Å². The molecule has 0 aliphatic heterocycles. The molecule has 0 spiro atoms. The lowest BCUT2D eigenvalue weighted by Crippen LogP contribution is -1.97. The van der Waals surface area contributed by atoms with Crippen molar-refractivity contribution in [1.82, 2.24) is 0 Å². The summed E-state index contributed by atoms with van der Waals surface area (Å²) in [7, 11) is 0. The molecule has 0 saturated carbocycles. The second-order valence-electron chi connectivity index (χ2n) is 2.30. The Morgan fingerprint density at radius 3 is 2.38 bits per heavy atom. The van der Waals surface area contributed by atoms with Gasteiger partial charge in [-0.2, -0.15) is 0 Å². The number of halogens is 3. The molecule has 13 heavy (non-hydrogen) atoms. The molecule has 0 fully saturated rings. The van der Waals surface area contributed by atoms with Gasteiger partial charge in [-0.1, -0.05) is 24.3 Å². The highest BCUT2D eigenvalue weighted by Crippen LogP contribution is 2.30. The van der Waals surface area contributed by atoms with Crippen molar-refractivity contribution in [3.63, 3.8) is 0 Å². The fourth-order valence-corrected chi connectivity index (χ4v) is 3.48. The maximum Gasteiger partial charge on any atom is 0.146 e. The molecule has 1 aromatic rings. The van der Waals surface area contributed by atoms with Gasteiger partial charge in [-0.15, -0.1) is 0 Å². The second kappa shape index (κ2) is 5.41. The van der Waals surface area contributed by atoms with Gasteiger partial charge in [0, 0.05) is 5.02 Å². The summed E-state index contributed by atoms with van der Waals surface area (Å²) in [5.74, 6) is 0.880. The predicted molar refractivity (Wildman–Crippen MR) is 72.6 cm³/mol. The Morgan fingerprint density at radius 2 is 1.92 bits per heavy atom. The molecule has 0 aliphatic rings. The normalized spacial score (nSPS) is 9.77. The predicted octanol–water partition coefficient (Wildman–Crippen LogP) is 4.11. The Labute approximate surface area is 110 Å². The molecule has 0 amide bonds. The highest BCUT2D eigenvalue weighted by molar-refractivity contribution is 14.1. The van der Waals surface area contributed by atoms with Crippen LogP contribution in [0.4, 0.5) is 0 Å². The van der Waals surface area contributed by atoms with Crippen LogP contribution in [0.2, 0.25) is 5.02 Å². The van der Waals surface area contributed by atoms with Gasteiger partial charge < -0.3 is 4.74 Å². The summed E-state index contributed by atoms with van der Waals surface area (Å²) in [5.41, 5.74) is 0. The summed E-state index contributed by atoms with van der Waals surface area (Å²) in [5, 5.41) is 0.736. The van der Waals surface area contributed by atoms with Crippen LogP contribution in [0, 0.1) is 7.14 Å². The Kier molecular flexibility index (Phi) is 4.82. The van der Waals surface area contributed by atoms with E-state index in [-0.39, 0.29) is 0 Å². The summed E-state index contributed by atoms with van der Waals surface area (Å²) in [4.78, 5) is 0. The molecule has 70 valence electrons. The average molecular weight is 420 g/mol. The third-order valence-electron chi connectivity index (χ3n) is 1.31. The maximum absolute atomic E-state index is 5.87. The fourth-order valence-electron chi connectivity index (χ4n) is 0.809. The molecule has 0 N–H and O–H groups in total. The number of hydrogen-bond acceptors (Lipinski definition) is 1. The molecule has 0 saturated heterocycles. The largest absolute Gasteiger partial charge is 0.487 e. The Balaban J connectivity index is 2.98. The van der Waals surface area contributed by atoms with E-state index in [0.717, 1.165) is 17.9 Å². The highest BCUT2D eigenvalue weighted by atomic mass is 127. The van der Waals surface area contributed by atoms with Gasteiger partial charge >= 0.3 is 0 Å². The van der Waals surface area contributed by atoms with Gasteiger partial charge in [0.2, 0.25) is 0 Å². The van der Waals surface area contributed by atoms with Crippen LogP contribution in [-0.2, 0) is 0 Å². The second-order valence-corrected chi connectivity index (χ2v) is 5.06. The van der Waals surface area contributed by atoms with E-state index >= 15 is 0 Å². The van der Waals surface area contributed by atoms with E-state index in [4.69, 9.17) is 16.3 Å². The number of ether oxygens (including phenoxy) is 1. The Hall–Kier alpha value is 0.510. The minimum atomic E-state index is 0.521. The average Bonchev–Trinajstić information content (AvgIpc) is 2.02. The molecule has 0 radical (unpaired) electrons. The van der Waals surface area contributed by atoms with Crippen LogP contribution in [-0.4, -0.2) is 6.61 Å². The van der Waals surface area contributed by atoms with Crippen molar-refractivity contribution >= 4 is 56.8 Å². The molecule has 0 unspecified atom stereocenters. The summed E-state index contributed by atoms with van der Waals surface area (Å²) in [6.45, 7) is 4.12. The van der Waals surface area contributed by atoms with Gasteiger partial charge in [0.05, 0.1) is 7.14 Å². The van der Waals surface area contributed by atoms with Gasteiger partial charge in [0.15, 0.2) is 0 Å². The molecule has 4 heteroatoms. The summed E-state index contributed by atoms with van der Waals surface area (Å²) >= 11 is 10.3. The van der Waals surface area contributed by atoms with E-state index in [0.29, 0.717) is 6.61 Å². The molecule has 0 atom stereocenters. The van der Waals surface area contributed by atoms with E-state index in [9.17, 15) is 0 Å². The standard InChI is InChI=1S/C9H7ClI2O/c1-2-3-13-9-7(11)4-6(10)5-8(9)12/h2,4-5H,1,3H2. The number of rotatable bonds is 3. The van der Waals surface area contributed by atoms with E-state index < -0.39 is 0 Å². The number of hydrogen-bond donors (Lipinski definition) is 0. The Morgan fingerprint density at radius 1 is 1.38 bits per heavy atom. The monoisotopic (exact) mass is 420 g/mol. The van der Waals surface area contributed by atoms with Crippen molar-refractivity contribution in [2.75, 3.05) is 6.61 Å². The molecule has 0 aliphatic carbocycles. The first-order valence-electron chi connectivity index (χ1n) is 3.53. The molecule has 1 nitrogen and oxygen atoms in total. The topological polar surface area (TPSA) is 9.23 Å². The van der Waals surface area contributed by atoms with Crippen LogP contribution in [0.25, 0.3) is 0 Å². The smallest absolute Gasteiger partial charge is 0.146 e. The first-order valence-corrected chi connectivity index (χ1v) is 6.07. The lowest BCUT2D eigenvalue weighted by atomic mass is 10.3. The third-order valence-corrected chi connectivity index (χ3v) is 3.13. The molecular formula is C9H7ClI2O. The van der Waals surface area contributed by atoms with Crippen molar-refractivity contribution in [2.24, 2.45) is 0 Å². The van der Waals surface area contributed by atoms with Crippen molar-refractivity contribution in [1.29, 1.82) is 0 Å². The van der Waals surface area contributed by atoms with Gasteiger partial charge in [0.1, 0.15) is 12.4 Å². The molecule has 1 rings (SSSR count). The van der Waals surface area contributed by atoms with E-state index in [1.807, 2.05) is 12.1 Å². The summed E-state index contributed by atoms with van der Waals surface area (Å²) in [6.07, 6.45) is 1.72. The van der Waals surface area contributed by atoms with Gasteiger partial charge in [-0.05, 0) is 57.3 Å². The fraction of sp³-hybridized carbons (Fsp3) is 0.111. The van der Waals surface area contributed by atoms with Gasteiger partial charge in [-0.3, -0.25) is 0 Å². The SMILES string of the molecule is C=CCOc1c(I)cc(Cl)cc1I. The van der Waals surface area contributed by atoms with Crippen molar-refractivity contribution in [3.8, 4) is 5.75 Å². The molecule has 0 bridgehead atoms. The van der Waals surface area contributed by atoms with Crippen molar-refractivity contribution < 1.29 is 4.74 Å². The van der Waals surface area contributed by atoms with E-state index in [1.54, 1.807) is 6.08 Å². The lowest BCUT2D eigenvalue weighted by Gasteiger charge is -2.08. The van der Waals surface area contributed by atoms with Crippen LogP contribution in [0.15, 0.2) is 24.8 Å². The zero-order valence-electron chi connectivity index (χ0n) is 6.69. The minimum absolute atomic E-state index is 0.521. The molecular weight excluding hydrogens is 413 g/mol. The van der Waals surface area contributed by atoms with Gasteiger partial charge in [-0.25, -0.2) is 0 Å². The van der Waals surface area contributed by atoms with Crippen molar-refractivity contribution in [2.45, 2.75) is 0 Å². The van der Waals surface area contributed by atoms with Crippen LogP contribution >= 0.6 is 56.8 Å². The summed E-state index contributed by atoms with van der Waals surface area (Å²) in [6, 6.07) is 3.76. The first-order chi connectivity index (χ1) is 6.15. The highest BCUT2D eigenvalue weighted by Gasteiger charge is 2.06. The molecule has 0 aromatic heterocycles. The van der Waals surface area contributed by atoms with Crippen LogP contribution in [0.5, 0.6) is 5.75 Å². The van der Waals surface area contributed by atoms with E-state index in [2.05, 4.69) is 51.8 Å². The van der Waals surface area contributed by atoms with Gasteiger partial charge in [0.25, 0.3) is 0 Å². The van der Waals surface area contributed by atoms with Crippen LogP contribution < -0.4 is 4.74 Å². The zero-order chi connectivity index (χ0) is 9.84. The number of benzene rings is 1. The minimum Gasteiger partial charge on any atom is -0.487 e. The maximum atomic E-state index is 5.87. The quantitative estimate of drug-likeness (QED) is 0.528. The Bertz CT molecular complexity index is 302. The van der Waals surface area contributed by atoms with Crippen LogP contribution in [0.1, 0.15) is 0 Å². The molecule has 1 aromatic carbocycles. The zero-order valence-corrected chi connectivity index (χ0v) is 11.8. The van der Waals surface area contributed by atoms with E-state index in [1.165, 1.54) is 0 Å². The third kappa shape index (κ3) is 3.28. The van der Waals surface area contributed by atoms with Crippen LogP contribution in [0.3, 0.4) is 0 Å².